The van der Waals surface area contributed by atoms with Crippen molar-refractivity contribution in [2.24, 2.45) is 0 Å². The Bertz CT molecular complexity index is 377. The summed E-state index contributed by atoms with van der Waals surface area (Å²) in [6.07, 6.45) is -2.83. The summed E-state index contributed by atoms with van der Waals surface area (Å²) in [5.41, 5.74) is 4.54. The number of alkyl halides is 2. The molecule has 0 atom stereocenters. The maximum Gasteiger partial charge on any atom is 0.267 e. The molecule has 0 aliphatic rings. The van der Waals surface area contributed by atoms with Crippen LogP contribution in [0.25, 0.3) is 0 Å². The van der Waals surface area contributed by atoms with Gasteiger partial charge in [0, 0.05) is 5.69 Å². The molecule has 1 rings (SSSR count). The number of ketones is 1. The molecule has 0 spiro atoms. The molecule has 3 nitrogen and oxygen atoms in total. The summed E-state index contributed by atoms with van der Waals surface area (Å²) >= 11 is 0. The van der Waals surface area contributed by atoms with Crippen LogP contribution >= 0.6 is 0 Å². The SMILES string of the molecule is CC(=O)c1c(N)ccc(C(F)F)c1O. The first kappa shape index (κ1) is 10.4. The lowest BCUT2D eigenvalue weighted by Gasteiger charge is -2.09. The molecule has 0 unspecified atom stereocenters. The van der Waals surface area contributed by atoms with Crippen molar-refractivity contribution >= 4 is 11.5 Å². The number of hydrogen-bond acceptors (Lipinski definition) is 3. The van der Waals surface area contributed by atoms with E-state index in [1.54, 1.807) is 0 Å². The number of anilines is 1. The second kappa shape index (κ2) is 3.61. The Morgan fingerprint density at radius 3 is 2.50 bits per heavy atom. The highest BCUT2D eigenvalue weighted by Gasteiger charge is 2.19. The van der Waals surface area contributed by atoms with Gasteiger partial charge in [-0.2, -0.15) is 0 Å². The van der Waals surface area contributed by atoms with Crippen LogP contribution < -0.4 is 5.73 Å². The Morgan fingerprint density at radius 2 is 2.07 bits per heavy atom. The van der Waals surface area contributed by atoms with Crippen molar-refractivity contribution in [2.75, 3.05) is 5.73 Å². The predicted molar refractivity (Wildman–Crippen MR) is 47.5 cm³/mol. The van der Waals surface area contributed by atoms with E-state index in [0.29, 0.717) is 0 Å². The third kappa shape index (κ3) is 1.66. The van der Waals surface area contributed by atoms with Crippen LogP contribution in [0.2, 0.25) is 0 Å². The fourth-order valence-corrected chi connectivity index (χ4v) is 1.17. The van der Waals surface area contributed by atoms with Crippen molar-refractivity contribution in [3.8, 4) is 5.75 Å². The van der Waals surface area contributed by atoms with Crippen molar-refractivity contribution in [2.45, 2.75) is 13.3 Å². The highest BCUT2D eigenvalue weighted by molar-refractivity contribution is 6.02. The molecule has 3 N–H and O–H groups in total. The number of halogens is 2. The normalized spacial score (nSPS) is 10.6. The van der Waals surface area contributed by atoms with Crippen LogP contribution in [0, 0.1) is 0 Å². The third-order valence-electron chi connectivity index (χ3n) is 1.83. The van der Waals surface area contributed by atoms with Crippen LogP contribution in [0.15, 0.2) is 12.1 Å². The van der Waals surface area contributed by atoms with Crippen LogP contribution in [0.5, 0.6) is 5.75 Å². The molecule has 0 amide bonds. The maximum absolute atomic E-state index is 12.3. The molecule has 1 aromatic carbocycles. The number of rotatable bonds is 2. The minimum absolute atomic E-state index is 0.000556. The van der Waals surface area contributed by atoms with E-state index in [0.717, 1.165) is 13.0 Å². The number of hydrogen-bond donors (Lipinski definition) is 2. The fraction of sp³-hybridized carbons (Fsp3) is 0.222. The van der Waals surface area contributed by atoms with Gasteiger partial charge in [0.25, 0.3) is 6.43 Å². The van der Waals surface area contributed by atoms with E-state index in [9.17, 15) is 18.7 Å². The number of carbonyl (C=O) groups is 1. The van der Waals surface area contributed by atoms with Gasteiger partial charge in [-0.1, -0.05) is 0 Å². The van der Waals surface area contributed by atoms with Gasteiger partial charge in [0.1, 0.15) is 5.75 Å². The van der Waals surface area contributed by atoms with E-state index in [4.69, 9.17) is 5.73 Å². The second-order valence-electron chi connectivity index (χ2n) is 2.82. The fourth-order valence-electron chi connectivity index (χ4n) is 1.17. The second-order valence-corrected chi connectivity index (χ2v) is 2.82. The van der Waals surface area contributed by atoms with Crippen molar-refractivity contribution in [1.82, 2.24) is 0 Å². The van der Waals surface area contributed by atoms with Gasteiger partial charge in [0.15, 0.2) is 5.78 Å². The largest absolute Gasteiger partial charge is 0.507 e. The molecule has 5 heteroatoms. The first-order valence-corrected chi connectivity index (χ1v) is 3.85. The summed E-state index contributed by atoms with van der Waals surface area (Å²) in [7, 11) is 0. The lowest BCUT2D eigenvalue weighted by molar-refractivity contribution is 0.101. The van der Waals surface area contributed by atoms with Crippen LogP contribution in [0.3, 0.4) is 0 Å². The molecule has 0 aromatic heterocycles. The summed E-state index contributed by atoms with van der Waals surface area (Å²) in [6.45, 7) is 1.15. The Balaban J connectivity index is 3.41. The highest BCUT2D eigenvalue weighted by atomic mass is 19.3. The Kier molecular flexibility index (Phi) is 2.69. The lowest BCUT2D eigenvalue weighted by atomic mass is 10.0. The van der Waals surface area contributed by atoms with Crippen molar-refractivity contribution in [1.29, 1.82) is 0 Å². The monoisotopic (exact) mass is 201 g/mol. The van der Waals surface area contributed by atoms with Crippen LogP contribution in [-0.4, -0.2) is 10.9 Å². The average molecular weight is 201 g/mol. The molecule has 0 heterocycles. The van der Waals surface area contributed by atoms with Crippen LogP contribution in [0.4, 0.5) is 14.5 Å². The lowest BCUT2D eigenvalue weighted by Crippen LogP contribution is -2.02. The number of benzene rings is 1. The number of phenolic OH excluding ortho intramolecular Hbond substituents is 1. The van der Waals surface area contributed by atoms with Crippen molar-refractivity contribution in [3.05, 3.63) is 23.3 Å². The zero-order chi connectivity index (χ0) is 10.9. The summed E-state index contributed by atoms with van der Waals surface area (Å²) < 4.78 is 24.6. The van der Waals surface area contributed by atoms with Gasteiger partial charge in [-0.15, -0.1) is 0 Å². The quantitative estimate of drug-likeness (QED) is 0.569. The molecular weight excluding hydrogens is 192 g/mol. The summed E-state index contributed by atoms with van der Waals surface area (Å²) in [4.78, 5) is 11.0. The van der Waals surface area contributed by atoms with Gasteiger partial charge in [-0.3, -0.25) is 4.79 Å². The zero-order valence-electron chi connectivity index (χ0n) is 7.42. The molecule has 0 aliphatic heterocycles. The van der Waals surface area contributed by atoms with Crippen LogP contribution in [-0.2, 0) is 0 Å². The van der Waals surface area contributed by atoms with Gasteiger partial charge in [-0.05, 0) is 19.1 Å². The first-order valence-electron chi connectivity index (χ1n) is 3.85. The predicted octanol–water partition coefficient (Wildman–Crippen LogP) is 2.11. The minimum Gasteiger partial charge on any atom is -0.507 e. The van der Waals surface area contributed by atoms with E-state index in [1.165, 1.54) is 6.07 Å². The van der Waals surface area contributed by atoms with Gasteiger partial charge in [0.2, 0.25) is 0 Å². The van der Waals surface area contributed by atoms with E-state index >= 15 is 0 Å². The molecular formula is C9H9F2NO2. The topological polar surface area (TPSA) is 63.3 Å². The van der Waals surface area contributed by atoms with E-state index in [-0.39, 0.29) is 11.3 Å². The smallest absolute Gasteiger partial charge is 0.267 e. The molecule has 1 aromatic rings. The maximum atomic E-state index is 12.3. The summed E-state index contributed by atoms with van der Waals surface area (Å²) in [6, 6.07) is 2.18. The molecule has 0 saturated carbocycles. The molecule has 14 heavy (non-hydrogen) atoms. The van der Waals surface area contributed by atoms with E-state index < -0.39 is 23.5 Å². The molecule has 0 aliphatic carbocycles. The Hall–Kier alpha value is -1.65. The van der Waals surface area contributed by atoms with E-state index in [1.807, 2.05) is 0 Å². The Labute approximate surface area is 79.2 Å². The number of nitrogen functional groups attached to an aromatic ring is 1. The molecule has 76 valence electrons. The third-order valence-corrected chi connectivity index (χ3v) is 1.83. The van der Waals surface area contributed by atoms with Crippen molar-refractivity contribution < 1.29 is 18.7 Å². The highest BCUT2D eigenvalue weighted by Crippen LogP contribution is 2.34. The van der Waals surface area contributed by atoms with Gasteiger partial charge >= 0.3 is 0 Å². The molecule has 0 fully saturated rings. The standard InChI is InChI=1S/C9H9F2NO2/c1-4(13)7-6(12)3-2-5(8(7)14)9(10)11/h2-3,9,14H,12H2,1H3. The number of Topliss-reactive ketones (excluding diaryl/α,β-unsaturated/α-hetero) is 1. The molecule has 0 radical (unpaired) electrons. The average Bonchev–Trinajstić information content (AvgIpc) is 2.02. The van der Waals surface area contributed by atoms with Crippen molar-refractivity contribution in [3.63, 3.8) is 0 Å². The Morgan fingerprint density at radius 1 is 1.50 bits per heavy atom. The number of phenols is 1. The molecule has 0 bridgehead atoms. The number of carbonyl (C=O) groups excluding carboxylic acids is 1. The van der Waals surface area contributed by atoms with Gasteiger partial charge in [-0.25, -0.2) is 8.78 Å². The summed E-state index contributed by atoms with van der Waals surface area (Å²) in [5.74, 6) is -1.27. The molecule has 0 saturated heterocycles. The first-order chi connectivity index (χ1) is 6.45. The summed E-state index contributed by atoms with van der Waals surface area (Å²) in [5, 5.41) is 9.33. The zero-order valence-corrected chi connectivity index (χ0v) is 7.42. The number of nitrogens with two attached hydrogens (primary N) is 1. The van der Waals surface area contributed by atoms with Gasteiger partial charge < -0.3 is 10.8 Å². The number of aromatic hydroxyl groups is 1. The minimum atomic E-state index is -2.83. The van der Waals surface area contributed by atoms with E-state index in [2.05, 4.69) is 0 Å². The van der Waals surface area contributed by atoms with Crippen LogP contribution in [0.1, 0.15) is 29.3 Å². The van der Waals surface area contributed by atoms with Gasteiger partial charge in [0.05, 0.1) is 11.1 Å².